The Morgan fingerprint density at radius 3 is 2.37 bits per heavy atom. The van der Waals surface area contributed by atoms with Gasteiger partial charge in [0.15, 0.2) is 0 Å². The number of nitrogens with two attached hydrogens (primary N) is 1. The molecule has 0 bridgehead atoms. The Labute approximate surface area is 120 Å². The quantitative estimate of drug-likeness (QED) is 0.854. The molecular formula is C17H23NS. The summed E-state index contributed by atoms with van der Waals surface area (Å²) in [5.41, 5.74) is 12.0. The maximum Gasteiger partial charge on any atom is 0.0651 e. The van der Waals surface area contributed by atoms with Crippen molar-refractivity contribution in [3.05, 3.63) is 56.8 Å². The van der Waals surface area contributed by atoms with E-state index in [1.54, 1.807) is 11.3 Å². The van der Waals surface area contributed by atoms with Gasteiger partial charge in [-0.1, -0.05) is 39.0 Å². The van der Waals surface area contributed by atoms with E-state index in [9.17, 15) is 0 Å². The fraction of sp³-hybridized carbons (Fsp3) is 0.412. The molecule has 1 heterocycles. The van der Waals surface area contributed by atoms with Crippen molar-refractivity contribution in [1.82, 2.24) is 0 Å². The summed E-state index contributed by atoms with van der Waals surface area (Å²) in [5, 5.41) is 2.16. The summed E-state index contributed by atoms with van der Waals surface area (Å²) in [6, 6.07) is 8.99. The highest BCUT2D eigenvalue weighted by atomic mass is 32.1. The van der Waals surface area contributed by atoms with Crippen LogP contribution in [0, 0.1) is 0 Å². The van der Waals surface area contributed by atoms with E-state index < -0.39 is 0 Å². The van der Waals surface area contributed by atoms with Gasteiger partial charge in [-0.3, -0.25) is 0 Å². The lowest BCUT2D eigenvalue weighted by Gasteiger charge is -2.17. The number of aryl methyl sites for hydroxylation is 3. The molecule has 2 heteroatoms. The van der Waals surface area contributed by atoms with Crippen LogP contribution in [0.2, 0.25) is 0 Å². The first-order valence-corrected chi connectivity index (χ1v) is 8.02. The van der Waals surface area contributed by atoms with Gasteiger partial charge in [0.25, 0.3) is 0 Å². The number of hydrogen-bond acceptors (Lipinski definition) is 2. The van der Waals surface area contributed by atoms with Crippen LogP contribution in [0.3, 0.4) is 0 Å². The third-order valence-corrected chi connectivity index (χ3v) is 4.82. The zero-order valence-electron chi connectivity index (χ0n) is 12.1. The van der Waals surface area contributed by atoms with E-state index in [4.69, 9.17) is 5.73 Å². The minimum atomic E-state index is 0.0244. The number of hydrogen-bond donors (Lipinski definition) is 1. The van der Waals surface area contributed by atoms with Gasteiger partial charge in [0.05, 0.1) is 6.04 Å². The summed E-state index contributed by atoms with van der Waals surface area (Å²) in [6.45, 7) is 6.59. The Balaban J connectivity index is 2.45. The summed E-state index contributed by atoms with van der Waals surface area (Å²) in [4.78, 5) is 1.32. The molecule has 1 atom stereocenters. The van der Waals surface area contributed by atoms with Crippen LogP contribution in [-0.2, 0) is 19.3 Å². The van der Waals surface area contributed by atoms with Crippen molar-refractivity contribution in [3.8, 4) is 0 Å². The van der Waals surface area contributed by atoms with Crippen molar-refractivity contribution in [2.45, 2.75) is 46.1 Å². The van der Waals surface area contributed by atoms with E-state index in [2.05, 4.69) is 50.4 Å². The fourth-order valence-electron chi connectivity index (χ4n) is 2.53. The predicted octanol–water partition coefficient (Wildman–Crippen LogP) is 4.48. The molecule has 0 aliphatic heterocycles. The van der Waals surface area contributed by atoms with Crippen LogP contribution in [0.5, 0.6) is 0 Å². The van der Waals surface area contributed by atoms with Gasteiger partial charge < -0.3 is 5.73 Å². The lowest BCUT2D eigenvalue weighted by atomic mass is 9.93. The molecule has 102 valence electrons. The van der Waals surface area contributed by atoms with Gasteiger partial charge in [0.2, 0.25) is 0 Å². The molecule has 0 fully saturated rings. The average Bonchev–Trinajstić information content (AvgIpc) is 2.94. The van der Waals surface area contributed by atoms with Crippen molar-refractivity contribution < 1.29 is 0 Å². The molecule has 0 radical (unpaired) electrons. The minimum Gasteiger partial charge on any atom is -0.320 e. The Morgan fingerprint density at radius 2 is 1.74 bits per heavy atom. The SMILES string of the molecule is CCc1ccc(CC)c(C(N)c2sccc2CC)c1. The molecule has 2 N–H and O–H groups in total. The maximum absolute atomic E-state index is 6.55. The largest absolute Gasteiger partial charge is 0.320 e. The number of thiophene rings is 1. The highest BCUT2D eigenvalue weighted by molar-refractivity contribution is 7.10. The van der Waals surface area contributed by atoms with Gasteiger partial charge in [-0.25, -0.2) is 0 Å². The van der Waals surface area contributed by atoms with Crippen molar-refractivity contribution >= 4 is 11.3 Å². The first-order chi connectivity index (χ1) is 9.21. The van der Waals surface area contributed by atoms with Crippen LogP contribution < -0.4 is 5.73 Å². The molecule has 1 aromatic carbocycles. The van der Waals surface area contributed by atoms with Crippen molar-refractivity contribution in [2.24, 2.45) is 5.73 Å². The molecule has 0 spiro atoms. The Bertz CT molecular complexity index is 542. The highest BCUT2D eigenvalue weighted by Gasteiger charge is 2.17. The van der Waals surface area contributed by atoms with Crippen molar-refractivity contribution in [2.75, 3.05) is 0 Å². The second kappa shape index (κ2) is 6.36. The van der Waals surface area contributed by atoms with Gasteiger partial charge in [-0.15, -0.1) is 11.3 Å². The van der Waals surface area contributed by atoms with E-state index in [1.807, 2.05) is 0 Å². The monoisotopic (exact) mass is 273 g/mol. The van der Waals surface area contributed by atoms with E-state index in [-0.39, 0.29) is 6.04 Å². The molecule has 2 rings (SSSR count). The predicted molar refractivity (Wildman–Crippen MR) is 84.9 cm³/mol. The minimum absolute atomic E-state index is 0.0244. The van der Waals surface area contributed by atoms with Crippen LogP contribution >= 0.6 is 11.3 Å². The van der Waals surface area contributed by atoms with Crippen LogP contribution in [0.15, 0.2) is 29.6 Å². The molecule has 0 saturated carbocycles. The fourth-order valence-corrected chi connectivity index (χ4v) is 3.55. The highest BCUT2D eigenvalue weighted by Crippen LogP contribution is 2.31. The standard InChI is InChI=1S/C17H23NS/c1-4-12-7-8-13(5-2)15(11-12)16(18)17-14(6-3)9-10-19-17/h7-11,16H,4-6,18H2,1-3H3. The Kier molecular flexibility index (Phi) is 4.78. The summed E-state index contributed by atoms with van der Waals surface area (Å²) < 4.78 is 0. The number of benzene rings is 1. The zero-order valence-corrected chi connectivity index (χ0v) is 12.9. The first kappa shape index (κ1) is 14.3. The van der Waals surface area contributed by atoms with Crippen molar-refractivity contribution in [3.63, 3.8) is 0 Å². The normalized spacial score (nSPS) is 12.6. The molecule has 0 saturated heterocycles. The maximum atomic E-state index is 6.55. The van der Waals surface area contributed by atoms with Crippen LogP contribution in [0.1, 0.15) is 53.9 Å². The molecule has 1 nitrogen and oxygen atoms in total. The van der Waals surface area contributed by atoms with Gasteiger partial charge in [0, 0.05) is 4.88 Å². The summed E-state index contributed by atoms with van der Waals surface area (Å²) >= 11 is 1.78. The first-order valence-electron chi connectivity index (χ1n) is 7.14. The van der Waals surface area contributed by atoms with Crippen LogP contribution in [-0.4, -0.2) is 0 Å². The summed E-state index contributed by atoms with van der Waals surface area (Å²) in [5.74, 6) is 0. The third kappa shape index (κ3) is 2.90. The average molecular weight is 273 g/mol. The van der Waals surface area contributed by atoms with Gasteiger partial charge in [-0.2, -0.15) is 0 Å². The molecule has 0 amide bonds. The van der Waals surface area contributed by atoms with E-state index in [0.29, 0.717) is 0 Å². The van der Waals surface area contributed by atoms with E-state index in [0.717, 1.165) is 19.3 Å². The number of rotatable bonds is 5. The summed E-state index contributed by atoms with van der Waals surface area (Å²) in [6.07, 6.45) is 3.16. The molecular weight excluding hydrogens is 250 g/mol. The second-order valence-corrected chi connectivity index (χ2v) is 5.83. The molecule has 0 aliphatic carbocycles. The second-order valence-electron chi connectivity index (χ2n) is 4.88. The molecule has 1 aromatic heterocycles. The Morgan fingerprint density at radius 1 is 1.00 bits per heavy atom. The molecule has 0 aliphatic rings. The third-order valence-electron chi connectivity index (χ3n) is 3.78. The lowest BCUT2D eigenvalue weighted by Crippen LogP contribution is -2.14. The topological polar surface area (TPSA) is 26.0 Å². The van der Waals surface area contributed by atoms with E-state index in [1.165, 1.54) is 27.1 Å². The molecule has 19 heavy (non-hydrogen) atoms. The van der Waals surface area contributed by atoms with Crippen LogP contribution in [0.25, 0.3) is 0 Å². The van der Waals surface area contributed by atoms with Gasteiger partial charge >= 0.3 is 0 Å². The molecule has 1 unspecified atom stereocenters. The van der Waals surface area contributed by atoms with E-state index >= 15 is 0 Å². The zero-order chi connectivity index (χ0) is 13.8. The molecule has 2 aromatic rings. The van der Waals surface area contributed by atoms with Gasteiger partial charge in [-0.05, 0) is 53.0 Å². The smallest absolute Gasteiger partial charge is 0.0651 e. The summed E-state index contributed by atoms with van der Waals surface area (Å²) in [7, 11) is 0. The van der Waals surface area contributed by atoms with Crippen molar-refractivity contribution in [1.29, 1.82) is 0 Å². The lowest BCUT2D eigenvalue weighted by molar-refractivity contribution is 0.848. The van der Waals surface area contributed by atoms with Crippen LogP contribution in [0.4, 0.5) is 0 Å². The van der Waals surface area contributed by atoms with Gasteiger partial charge in [0.1, 0.15) is 0 Å². The Hall–Kier alpha value is -1.12.